The minimum Gasteiger partial charge on any atom is -0.481 e. The fraction of sp³-hybridized carbons (Fsp3) is 0.500. The summed E-state index contributed by atoms with van der Waals surface area (Å²) in [7, 11) is 0. The molecule has 2 fully saturated rings. The second-order valence-electron chi connectivity index (χ2n) is 5.39. The van der Waals surface area contributed by atoms with E-state index in [0.29, 0.717) is 6.04 Å². The van der Waals surface area contributed by atoms with Crippen molar-refractivity contribution in [3.05, 3.63) is 33.3 Å². The molecule has 0 aromatic heterocycles. The van der Waals surface area contributed by atoms with E-state index in [1.807, 2.05) is 18.2 Å². The number of hydrogen-bond acceptors (Lipinski definition) is 2. The third-order valence-corrected chi connectivity index (χ3v) is 5.21. The molecule has 2 aliphatic heterocycles. The zero-order chi connectivity index (χ0) is 13.6. The fourth-order valence-electron chi connectivity index (χ4n) is 3.46. The molecule has 102 valence electrons. The van der Waals surface area contributed by atoms with Crippen molar-refractivity contribution in [3.63, 3.8) is 0 Å². The van der Waals surface area contributed by atoms with Crippen molar-refractivity contribution in [3.8, 4) is 0 Å². The maximum atomic E-state index is 11.2. The lowest BCUT2D eigenvalue weighted by Crippen LogP contribution is -2.32. The van der Waals surface area contributed by atoms with Crippen LogP contribution in [-0.4, -0.2) is 28.1 Å². The predicted molar refractivity (Wildman–Crippen MR) is 77.2 cm³/mol. The lowest BCUT2D eigenvalue weighted by Gasteiger charge is -2.23. The Morgan fingerprint density at radius 2 is 2.26 bits per heavy atom. The zero-order valence-corrected chi connectivity index (χ0v) is 12.7. The van der Waals surface area contributed by atoms with Crippen molar-refractivity contribution in [2.45, 2.75) is 37.9 Å². The first kappa shape index (κ1) is 13.4. The number of halogens is 2. The van der Waals surface area contributed by atoms with Crippen molar-refractivity contribution < 1.29 is 9.90 Å². The summed E-state index contributed by atoms with van der Waals surface area (Å²) in [5, 5.41) is 9.99. The maximum Gasteiger partial charge on any atom is 0.308 e. The largest absolute Gasteiger partial charge is 0.481 e. The standard InChI is InChI=1S/C14H15BrClNO2/c15-9-2-1-8(12(16)5-9)7-17-10-3-4-13(17)11(6-10)14(18)19/h1-2,5,10-11,13H,3-4,6-7H2,(H,18,19). The average Bonchev–Trinajstić information content (AvgIpc) is 2.90. The topological polar surface area (TPSA) is 40.5 Å². The first-order valence-corrected chi connectivity index (χ1v) is 7.66. The smallest absolute Gasteiger partial charge is 0.308 e. The van der Waals surface area contributed by atoms with Gasteiger partial charge >= 0.3 is 5.97 Å². The molecule has 2 bridgehead atoms. The molecule has 3 atom stereocenters. The molecule has 2 heterocycles. The SMILES string of the molecule is O=C(O)C1CC2CCC1N2Cc1ccc(Br)cc1Cl. The second kappa shape index (κ2) is 5.08. The van der Waals surface area contributed by atoms with Gasteiger partial charge in [-0.05, 0) is 37.0 Å². The second-order valence-corrected chi connectivity index (χ2v) is 6.71. The van der Waals surface area contributed by atoms with Crippen LogP contribution in [0, 0.1) is 5.92 Å². The summed E-state index contributed by atoms with van der Waals surface area (Å²) in [6.07, 6.45) is 2.90. The van der Waals surface area contributed by atoms with Gasteiger partial charge in [0.15, 0.2) is 0 Å². The van der Waals surface area contributed by atoms with Gasteiger partial charge in [-0.2, -0.15) is 0 Å². The number of benzene rings is 1. The van der Waals surface area contributed by atoms with E-state index in [-0.39, 0.29) is 12.0 Å². The van der Waals surface area contributed by atoms with Gasteiger partial charge < -0.3 is 5.11 Å². The van der Waals surface area contributed by atoms with Crippen LogP contribution in [0.2, 0.25) is 5.02 Å². The predicted octanol–water partition coefficient (Wildman–Crippen LogP) is 3.54. The molecule has 2 aliphatic rings. The quantitative estimate of drug-likeness (QED) is 0.912. The van der Waals surface area contributed by atoms with Crippen molar-refractivity contribution in [2.75, 3.05) is 0 Å². The molecule has 1 N–H and O–H groups in total. The van der Waals surface area contributed by atoms with Gasteiger partial charge in [-0.3, -0.25) is 9.69 Å². The van der Waals surface area contributed by atoms with Crippen LogP contribution in [0.15, 0.2) is 22.7 Å². The Bertz CT molecular complexity index is 522. The number of carboxylic acid groups (broad SMARTS) is 1. The van der Waals surface area contributed by atoms with E-state index in [1.165, 1.54) is 0 Å². The number of hydrogen-bond donors (Lipinski definition) is 1. The van der Waals surface area contributed by atoms with Gasteiger partial charge in [-0.15, -0.1) is 0 Å². The Morgan fingerprint density at radius 1 is 1.47 bits per heavy atom. The molecule has 5 heteroatoms. The summed E-state index contributed by atoms with van der Waals surface area (Å²) in [6, 6.07) is 6.48. The molecule has 3 unspecified atom stereocenters. The summed E-state index contributed by atoms with van der Waals surface area (Å²) in [6.45, 7) is 0.755. The Balaban J connectivity index is 1.79. The van der Waals surface area contributed by atoms with Gasteiger partial charge in [-0.25, -0.2) is 0 Å². The van der Waals surface area contributed by atoms with Gasteiger partial charge in [0.1, 0.15) is 0 Å². The fourth-order valence-corrected chi connectivity index (χ4v) is 4.19. The molecule has 0 spiro atoms. The summed E-state index contributed by atoms with van der Waals surface area (Å²) >= 11 is 9.65. The Hall–Kier alpha value is -0.580. The van der Waals surface area contributed by atoms with Crippen LogP contribution in [0.3, 0.4) is 0 Å². The monoisotopic (exact) mass is 343 g/mol. The molecule has 2 saturated heterocycles. The molecular formula is C14H15BrClNO2. The van der Waals surface area contributed by atoms with E-state index >= 15 is 0 Å². The Morgan fingerprint density at radius 3 is 2.89 bits per heavy atom. The molecule has 0 radical (unpaired) electrons. The summed E-state index contributed by atoms with van der Waals surface area (Å²) in [5.74, 6) is -0.855. The van der Waals surface area contributed by atoms with E-state index in [2.05, 4.69) is 20.8 Å². The van der Waals surface area contributed by atoms with Crippen LogP contribution >= 0.6 is 27.5 Å². The maximum absolute atomic E-state index is 11.2. The normalized spacial score (nSPS) is 29.9. The molecule has 0 amide bonds. The van der Waals surface area contributed by atoms with Crippen molar-refractivity contribution >= 4 is 33.5 Å². The summed E-state index contributed by atoms with van der Waals surface area (Å²) in [4.78, 5) is 13.6. The van der Waals surface area contributed by atoms with Crippen LogP contribution in [0.1, 0.15) is 24.8 Å². The summed E-state index contributed by atoms with van der Waals surface area (Å²) < 4.78 is 0.967. The number of aliphatic carboxylic acids is 1. The number of nitrogens with zero attached hydrogens (tertiary/aromatic N) is 1. The van der Waals surface area contributed by atoms with Crippen molar-refractivity contribution in [1.29, 1.82) is 0 Å². The van der Waals surface area contributed by atoms with Crippen molar-refractivity contribution in [1.82, 2.24) is 4.90 Å². The van der Waals surface area contributed by atoms with Gasteiger partial charge in [0.05, 0.1) is 5.92 Å². The summed E-state index contributed by atoms with van der Waals surface area (Å²) in [5.41, 5.74) is 1.08. The highest BCUT2D eigenvalue weighted by molar-refractivity contribution is 9.10. The third kappa shape index (κ3) is 2.41. The van der Waals surface area contributed by atoms with Crippen LogP contribution in [0.4, 0.5) is 0 Å². The lowest BCUT2D eigenvalue weighted by molar-refractivity contribution is -0.142. The molecule has 19 heavy (non-hydrogen) atoms. The third-order valence-electron chi connectivity index (χ3n) is 4.37. The first-order valence-electron chi connectivity index (χ1n) is 6.48. The van der Waals surface area contributed by atoms with Crippen LogP contribution in [0.5, 0.6) is 0 Å². The van der Waals surface area contributed by atoms with Crippen LogP contribution in [-0.2, 0) is 11.3 Å². The van der Waals surface area contributed by atoms with Crippen molar-refractivity contribution in [2.24, 2.45) is 5.92 Å². The van der Waals surface area contributed by atoms with E-state index in [4.69, 9.17) is 11.6 Å². The van der Waals surface area contributed by atoms with E-state index in [9.17, 15) is 9.90 Å². The minimum absolute atomic E-state index is 0.183. The molecule has 0 saturated carbocycles. The highest BCUT2D eigenvalue weighted by atomic mass is 79.9. The molecule has 3 rings (SSSR count). The lowest BCUT2D eigenvalue weighted by atomic mass is 9.89. The average molecular weight is 345 g/mol. The number of fused-ring (bicyclic) bond motifs is 2. The molecule has 0 aliphatic carbocycles. The van der Waals surface area contributed by atoms with Gasteiger partial charge in [0.2, 0.25) is 0 Å². The Labute approximate surface area is 125 Å². The van der Waals surface area contributed by atoms with Gasteiger partial charge in [0.25, 0.3) is 0 Å². The van der Waals surface area contributed by atoms with Gasteiger partial charge in [-0.1, -0.05) is 33.6 Å². The first-order chi connectivity index (χ1) is 9.06. The van der Waals surface area contributed by atoms with E-state index < -0.39 is 5.97 Å². The van der Waals surface area contributed by atoms with Crippen LogP contribution < -0.4 is 0 Å². The zero-order valence-electron chi connectivity index (χ0n) is 10.4. The number of carboxylic acids is 1. The van der Waals surface area contributed by atoms with Crippen LogP contribution in [0.25, 0.3) is 0 Å². The highest BCUT2D eigenvalue weighted by Gasteiger charge is 2.49. The van der Waals surface area contributed by atoms with E-state index in [0.717, 1.165) is 40.9 Å². The Kier molecular flexibility index (Phi) is 3.58. The number of rotatable bonds is 3. The number of carbonyl (C=O) groups is 1. The molecule has 1 aromatic carbocycles. The highest BCUT2D eigenvalue weighted by Crippen LogP contribution is 2.43. The molecule has 3 nitrogen and oxygen atoms in total. The molecule has 1 aromatic rings. The van der Waals surface area contributed by atoms with E-state index in [1.54, 1.807) is 0 Å². The molecular weight excluding hydrogens is 330 g/mol. The minimum atomic E-state index is -0.654. The van der Waals surface area contributed by atoms with Gasteiger partial charge in [0, 0.05) is 28.1 Å².